The van der Waals surface area contributed by atoms with Crippen LogP contribution in [-0.2, 0) is 9.53 Å². The normalized spacial score (nSPS) is 14.4. The highest BCUT2D eigenvalue weighted by Crippen LogP contribution is 2.27. The number of carbonyl (C=O) groups excluding carboxylic acids is 2. The average molecular weight is 482 g/mol. The van der Waals surface area contributed by atoms with E-state index in [1.165, 1.54) is 11.3 Å². The molecule has 1 aliphatic heterocycles. The van der Waals surface area contributed by atoms with E-state index in [1.54, 1.807) is 18.6 Å². The van der Waals surface area contributed by atoms with Crippen molar-refractivity contribution in [3.63, 3.8) is 0 Å². The van der Waals surface area contributed by atoms with Crippen LogP contribution in [-0.4, -0.2) is 50.2 Å². The zero-order chi connectivity index (χ0) is 23.9. The maximum Gasteiger partial charge on any atom is 0.284 e. The molecule has 9 nitrogen and oxygen atoms in total. The number of carbonyl (C=O) groups is 2. The summed E-state index contributed by atoms with van der Waals surface area (Å²) in [5.41, 5.74) is 8.02. The fraction of sp³-hybridized carbons (Fsp3) is 0.292. The molecule has 0 saturated carbocycles. The van der Waals surface area contributed by atoms with E-state index in [0.29, 0.717) is 30.2 Å². The van der Waals surface area contributed by atoms with Crippen LogP contribution in [0.25, 0.3) is 0 Å². The van der Waals surface area contributed by atoms with Crippen molar-refractivity contribution in [2.45, 2.75) is 13.0 Å². The minimum atomic E-state index is -0.840. The number of morpholine rings is 1. The van der Waals surface area contributed by atoms with Gasteiger partial charge in [0.05, 0.1) is 26.0 Å². The van der Waals surface area contributed by atoms with Gasteiger partial charge in [-0.25, -0.2) is 10.4 Å². The largest absolute Gasteiger partial charge is 0.495 e. The Hall–Kier alpha value is -3.47. The summed E-state index contributed by atoms with van der Waals surface area (Å²) < 4.78 is 10.7. The number of benzene rings is 2. The minimum Gasteiger partial charge on any atom is -0.495 e. The summed E-state index contributed by atoms with van der Waals surface area (Å²) in [4.78, 5) is 32.6. The molecular weight excluding hydrogens is 454 g/mol. The van der Waals surface area contributed by atoms with Crippen molar-refractivity contribution in [3.8, 4) is 5.75 Å². The molecule has 2 amide bonds. The van der Waals surface area contributed by atoms with Crippen molar-refractivity contribution >= 4 is 34.0 Å². The summed E-state index contributed by atoms with van der Waals surface area (Å²) in [6.07, 6.45) is 0. The molecule has 1 aromatic heterocycles. The molecule has 2 aromatic carbocycles. The molecule has 2 heterocycles. The first-order chi connectivity index (χ1) is 16.5. The number of hydrogen-bond donors (Lipinski definition) is 3. The molecule has 0 bridgehead atoms. The van der Waals surface area contributed by atoms with Gasteiger partial charge < -0.3 is 19.7 Å². The van der Waals surface area contributed by atoms with Crippen molar-refractivity contribution in [2.75, 3.05) is 43.6 Å². The standard InChI is InChI=1S/C24H27N5O4S/c1-16-8-9-20(32-2)18(14-16)25-23(31)21(17-6-4-3-5-7-17)27-28-22(30)19-15-34-24(26-19)29-10-12-33-13-11-29/h3-9,14-15,21,27H,10-13H2,1-2H3,(H,25,31)(H,28,30). The van der Waals surface area contributed by atoms with Crippen LogP contribution < -0.4 is 25.8 Å². The van der Waals surface area contributed by atoms with Crippen molar-refractivity contribution < 1.29 is 19.1 Å². The first-order valence-corrected chi connectivity index (χ1v) is 11.8. The minimum absolute atomic E-state index is 0.284. The number of ether oxygens (including phenoxy) is 2. The van der Waals surface area contributed by atoms with Gasteiger partial charge in [-0.15, -0.1) is 11.3 Å². The molecule has 1 unspecified atom stereocenters. The zero-order valence-corrected chi connectivity index (χ0v) is 19.9. The lowest BCUT2D eigenvalue weighted by atomic mass is 10.1. The molecule has 0 spiro atoms. The summed E-state index contributed by atoms with van der Waals surface area (Å²) >= 11 is 1.41. The van der Waals surface area contributed by atoms with Crippen LogP contribution in [0, 0.1) is 6.92 Å². The monoisotopic (exact) mass is 481 g/mol. The molecule has 4 rings (SSSR count). The van der Waals surface area contributed by atoms with E-state index >= 15 is 0 Å². The Kier molecular flexibility index (Phi) is 7.73. The van der Waals surface area contributed by atoms with E-state index in [0.717, 1.165) is 23.8 Å². The first-order valence-electron chi connectivity index (χ1n) is 10.9. The lowest BCUT2D eigenvalue weighted by molar-refractivity contribution is -0.118. The van der Waals surface area contributed by atoms with E-state index < -0.39 is 11.9 Å². The number of nitrogens with zero attached hydrogens (tertiary/aromatic N) is 2. The summed E-state index contributed by atoms with van der Waals surface area (Å²) in [5.74, 6) is -0.215. The van der Waals surface area contributed by atoms with Crippen molar-refractivity contribution in [2.24, 2.45) is 0 Å². The fourth-order valence-electron chi connectivity index (χ4n) is 3.54. The summed E-state index contributed by atoms with van der Waals surface area (Å²) in [5, 5.41) is 5.38. The van der Waals surface area contributed by atoms with Crippen LogP contribution in [0.15, 0.2) is 53.9 Å². The SMILES string of the molecule is COc1ccc(C)cc1NC(=O)C(NNC(=O)c1csc(N2CCOCC2)n1)c1ccccc1. The van der Waals surface area contributed by atoms with E-state index in [9.17, 15) is 9.59 Å². The summed E-state index contributed by atoms with van der Waals surface area (Å²) in [7, 11) is 1.55. The molecule has 1 atom stereocenters. The Balaban J connectivity index is 1.47. The smallest absolute Gasteiger partial charge is 0.284 e. The molecular formula is C24H27N5O4S. The topological polar surface area (TPSA) is 105 Å². The first kappa shape index (κ1) is 23.7. The van der Waals surface area contributed by atoms with Crippen molar-refractivity contribution in [1.82, 2.24) is 15.8 Å². The van der Waals surface area contributed by atoms with Crippen LogP contribution in [0.1, 0.15) is 27.7 Å². The van der Waals surface area contributed by atoms with Gasteiger partial charge in [0.15, 0.2) is 5.13 Å². The van der Waals surface area contributed by atoms with Crippen LogP contribution in [0.2, 0.25) is 0 Å². The Morgan fingerprint density at radius 2 is 1.91 bits per heavy atom. The quantitative estimate of drug-likeness (QED) is 0.425. The predicted octanol–water partition coefficient (Wildman–Crippen LogP) is 2.91. The molecule has 1 saturated heterocycles. The number of aromatic nitrogens is 1. The van der Waals surface area contributed by atoms with Gasteiger partial charge >= 0.3 is 0 Å². The number of nitrogens with one attached hydrogen (secondary N) is 3. The van der Waals surface area contributed by atoms with Crippen LogP contribution in [0.5, 0.6) is 5.75 Å². The molecule has 1 aliphatic rings. The highest BCUT2D eigenvalue weighted by Gasteiger charge is 2.24. The molecule has 178 valence electrons. The Labute approximate surface area is 202 Å². The molecule has 0 radical (unpaired) electrons. The predicted molar refractivity (Wildman–Crippen MR) is 131 cm³/mol. The van der Waals surface area contributed by atoms with Gasteiger partial charge in [0.1, 0.15) is 17.5 Å². The van der Waals surface area contributed by atoms with Gasteiger partial charge in [-0.1, -0.05) is 36.4 Å². The van der Waals surface area contributed by atoms with Gasteiger partial charge in [0, 0.05) is 18.5 Å². The number of methoxy groups -OCH3 is 1. The van der Waals surface area contributed by atoms with Gasteiger partial charge in [-0.05, 0) is 30.2 Å². The number of hydrogen-bond acceptors (Lipinski definition) is 8. The second-order valence-electron chi connectivity index (χ2n) is 7.75. The number of anilines is 2. The molecule has 3 N–H and O–H groups in total. The van der Waals surface area contributed by atoms with Crippen molar-refractivity contribution in [3.05, 3.63) is 70.7 Å². The maximum absolute atomic E-state index is 13.2. The number of hydrazine groups is 1. The lowest BCUT2D eigenvalue weighted by Gasteiger charge is -2.26. The number of thiazole rings is 1. The second kappa shape index (κ2) is 11.1. The highest BCUT2D eigenvalue weighted by molar-refractivity contribution is 7.13. The Bertz CT molecular complexity index is 1130. The Morgan fingerprint density at radius 3 is 2.65 bits per heavy atom. The third kappa shape index (κ3) is 5.71. The summed E-state index contributed by atoms with van der Waals surface area (Å²) in [6.45, 7) is 4.70. The number of aryl methyl sites for hydroxylation is 1. The van der Waals surface area contributed by atoms with E-state index in [2.05, 4.69) is 26.1 Å². The average Bonchev–Trinajstić information content (AvgIpc) is 3.36. The lowest BCUT2D eigenvalue weighted by Crippen LogP contribution is -2.44. The third-order valence-corrected chi connectivity index (χ3v) is 6.25. The second-order valence-corrected chi connectivity index (χ2v) is 8.59. The van der Waals surface area contributed by atoms with Crippen LogP contribution in [0.4, 0.5) is 10.8 Å². The van der Waals surface area contributed by atoms with Gasteiger partial charge in [0.2, 0.25) is 5.91 Å². The molecule has 10 heteroatoms. The van der Waals surface area contributed by atoms with Crippen molar-refractivity contribution in [1.29, 1.82) is 0 Å². The molecule has 34 heavy (non-hydrogen) atoms. The zero-order valence-electron chi connectivity index (χ0n) is 19.0. The highest BCUT2D eigenvalue weighted by atomic mass is 32.1. The van der Waals surface area contributed by atoms with Gasteiger partial charge in [-0.3, -0.25) is 15.0 Å². The maximum atomic E-state index is 13.2. The van der Waals surface area contributed by atoms with E-state index in [4.69, 9.17) is 9.47 Å². The van der Waals surface area contributed by atoms with E-state index in [1.807, 2.05) is 49.4 Å². The van der Waals surface area contributed by atoms with E-state index in [-0.39, 0.29) is 11.6 Å². The van der Waals surface area contributed by atoms with Gasteiger partial charge in [-0.2, -0.15) is 0 Å². The molecule has 1 fully saturated rings. The van der Waals surface area contributed by atoms with Crippen LogP contribution in [0.3, 0.4) is 0 Å². The number of amides is 2. The third-order valence-electron chi connectivity index (χ3n) is 5.34. The van der Waals surface area contributed by atoms with Gasteiger partial charge in [0.25, 0.3) is 5.91 Å². The fourth-order valence-corrected chi connectivity index (χ4v) is 4.40. The Morgan fingerprint density at radius 1 is 1.15 bits per heavy atom. The molecule has 3 aromatic rings. The summed E-state index contributed by atoms with van der Waals surface area (Å²) in [6, 6.07) is 13.9. The molecule has 0 aliphatic carbocycles. The number of rotatable bonds is 8. The van der Waals surface area contributed by atoms with Crippen LogP contribution >= 0.6 is 11.3 Å².